The molecule has 4 rings (SSSR count). The average molecular weight is 333 g/mol. The number of carbonyl (C=O) groups is 1. The van der Waals surface area contributed by atoms with E-state index in [9.17, 15) is 9.90 Å². The molecule has 0 unspecified atom stereocenters. The van der Waals surface area contributed by atoms with Gasteiger partial charge >= 0.3 is 0 Å². The van der Waals surface area contributed by atoms with Crippen molar-refractivity contribution in [3.8, 4) is 11.5 Å². The van der Waals surface area contributed by atoms with Crippen molar-refractivity contribution >= 4 is 5.91 Å². The number of hydrogen-bond acceptors (Lipinski definition) is 5. The Bertz CT molecular complexity index is 613. The molecule has 0 saturated carbocycles. The second-order valence-corrected chi connectivity index (χ2v) is 6.75. The van der Waals surface area contributed by atoms with E-state index in [4.69, 9.17) is 14.2 Å². The number of ether oxygens (including phenoxy) is 3. The maximum Gasteiger partial charge on any atom is 0.231 e. The van der Waals surface area contributed by atoms with Crippen LogP contribution in [-0.4, -0.2) is 55.1 Å². The molecule has 3 aliphatic rings. The maximum atomic E-state index is 12.6. The number of aliphatic hydroxyl groups excluding tert-OH is 1. The first-order chi connectivity index (χ1) is 11.7. The van der Waals surface area contributed by atoms with Gasteiger partial charge in [-0.2, -0.15) is 0 Å². The van der Waals surface area contributed by atoms with E-state index in [1.807, 2.05) is 23.1 Å². The minimum absolute atomic E-state index is 0.0261. The molecule has 2 fully saturated rings. The first-order valence-electron chi connectivity index (χ1n) is 8.66. The molecule has 1 amide bonds. The van der Waals surface area contributed by atoms with Crippen LogP contribution in [0.2, 0.25) is 0 Å². The molecule has 24 heavy (non-hydrogen) atoms. The van der Waals surface area contributed by atoms with Crippen LogP contribution in [0.15, 0.2) is 18.2 Å². The van der Waals surface area contributed by atoms with Gasteiger partial charge in [-0.15, -0.1) is 0 Å². The number of fused-ring (bicyclic) bond motifs is 1. The van der Waals surface area contributed by atoms with Crippen LogP contribution in [0.4, 0.5) is 0 Å². The monoisotopic (exact) mass is 333 g/mol. The van der Waals surface area contributed by atoms with Gasteiger partial charge in [-0.05, 0) is 37.0 Å². The van der Waals surface area contributed by atoms with Crippen molar-refractivity contribution in [1.82, 2.24) is 4.90 Å². The summed E-state index contributed by atoms with van der Waals surface area (Å²) in [7, 11) is 0. The molecule has 1 N–H and O–H groups in total. The fourth-order valence-corrected chi connectivity index (χ4v) is 3.87. The Balaban J connectivity index is 1.42. The highest BCUT2D eigenvalue weighted by atomic mass is 16.7. The highest BCUT2D eigenvalue weighted by molar-refractivity contribution is 5.79. The first kappa shape index (κ1) is 15.7. The van der Waals surface area contributed by atoms with Crippen molar-refractivity contribution in [2.24, 2.45) is 5.92 Å². The van der Waals surface area contributed by atoms with Crippen LogP contribution in [-0.2, 0) is 9.53 Å². The summed E-state index contributed by atoms with van der Waals surface area (Å²) in [5, 5.41) is 10.6. The largest absolute Gasteiger partial charge is 0.454 e. The maximum absolute atomic E-state index is 12.6. The molecule has 6 nitrogen and oxygen atoms in total. The second-order valence-electron chi connectivity index (χ2n) is 6.75. The third-order valence-electron chi connectivity index (χ3n) is 5.29. The molecule has 2 atom stereocenters. The molecule has 3 heterocycles. The number of hydrogen-bond donors (Lipinski definition) is 1. The Hall–Kier alpha value is -1.79. The van der Waals surface area contributed by atoms with Gasteiger partial charge in [0.1, 0.15) is 0 Å². The van der Waals surface area contributed by atoms with Crippen molar-refractivity contribution in [3.05, 3.63) is 23.8 Å². The van der Waals surface area contributed by atoms with Gasteiger partial charge in [0.05, 0.1) is 6.10 Å². The second kappa shape index (κ2) is 6.61. The Kier molecular flexibility index (Phi) is 4.33. The zero-order valence-corrected chi connectivity index (χ0v) is 13.6. The summed E-state index contributed by atoms with van der Waals surface area (Å²) >= 11 is 0. The third kappa shape index (κ3) is 2.96. The molecule has 1 aromatic rings. The van der Waals surface area contributed by atoms with Crippen molar-refractivity contribution in [2.75, 3.05) is 33.1 Å². The highest BCUT2D eigenvalue weighted by Gasteiger charge is 2.34. The van der Waals surface area contributed by atoms with E-state index in [0.717, 1.165) is 36.3 Å². The van der Waals surface area contributed by atoms with Crippen LogP contribution < -0.4 is 9.47 Å². The average Bonchev–Trinajstić information content (AvgIpc) is 3.09. The number of benzene rings is 1. The van der Waals surface area contributed by atoms with Gasteiger partial charge < -0.3 is 24.2 Å². The SMILES string of the molecule is O=C(C1CCOCC1)N1CC[C@@H](c2ccc3c(c2)OCO3)[C@H](O)C1. The lowest BCUT2D eigenvalue weighted by Gasteiger charge is -2.38. The van der Waals surface area contributed by atoms with E-state index in [1.165, 1.54) is 0 Å². The molecule has 2 saturated heterocycles. The van der Waals surface area contributed by atoms with Gasteiger partial charge in [0.25, 0.3) is 0 Å². The summed E-state index contributed by atoms with van der Waals surface area (Å²) in [4.78, 5) is 14.4. The highest BCUT2D eigenvalue weighted by Crippen LogP contribution is 2.37. The molecule has 0 spiro atoms. The number of amides is 1. The Labute approximate surface area is 141 Å². The van der Waals surface area contributed by atoms with E-state index in [-0.39, 0.29) is 24.5 Å². The van der Waals surface area contributed by atoms with E-state index in [0.29, 0.717) is 26.3 Å². The summed E-state index contributed by atoms with van der Waals surface area (Å²) in [6.45, 7) is 2.65. The van der Waals surface area contributed by atoms with E-state index in [2.05, 4.69) is 0 Å². The molecular formula is C18H23NO5. The Morgan fingerprint density at radius 1 is 1.12 bits per heavy atom. The van der Waals surface area contributed by atoms with Crippen LogP contribution >= 0.6 is 0 Å². The fraction of sp³-hybridized carbons (Fsp3) is 0.611. The summed E-state index contributed by atoms with van der Waals surface area (Å²) in [6, 6.07) is 5.83. The number of aliphatic hydroxyl groups is 1. The van der Waals surface area contributed by atoms with Gasteiger partial charge in [0, 0.05) is 38.1 Å². The number of likely N-dealkylation sites (tertiary alicyclic amines) is 1. The van der Waals surface area contributed by atoms with E-state index in [1.54, 1.807) is 0 Å². The number of piperidine rings is 1. The first-order valence-corrected chi connectivity index (χ1v) is 8.66. The standard InChI is InChI=1S/C18H23NO5/c20-15-10-19(18(21)12-4-7-22-8-5-12)6-3-14(15)13-1-2-16-17(9-13)24-11-23-16/h1-2,9,12,14-15,20H,3-8,10-11H2/t14-,15+/m0/s1. The molecule has 0 aliphatic carbocycles. The zero-order chi connectivity index (χ0) is 16.5. The van der Waals surface area contributed by atoms with Crippen LogP contribution in [0.5, 0.6) is 11.5 Å². The number of nitrogens with zero attached hydrogens (tertiary/aromatic N) is 1. The summed E-state index contributed by atoms with van der Waals surface area (Å²) in [5.41, 5.74) is 1.05. The lowest BCUT2D eigenvalue weighted by atomic mass is 9.86. The minimum Gasteiger partial charge on any atom is -0.454 e. The zero-order valence-electron chi connectivity index (χ0n) is 13.6. The van der Waals surface area contributed by atoms with Gasteiger partial charge in [-0.3, -0.25) is 4.79 Å². The summed E-state index contributed by atoms with van der Waals surface area (Å²) in [6.07, 6.45) is 1.78. The molecule has 0 bridgehead atoms. The smallest absolute Gasteiger partial charge is 0.231 e. The van der Waals surface area contributed by atoms with Gasteiger partial charge in [0.2, 0.25) is 12.7 Å². The quantitative estimate of drug-likeness (QED) is 0.889. The molecule has 0 aromatic heterocycles. The molecule has 0 radical (unpaired) electrons. The molecule has 6 heteroatoms. The van der Waals surface area contributed by atoms with Crippen molar-refractivity contribution in [1.29, 1.82) is 0 Å². The molecule has 1 aromatic carbocycles. The molecular weight excluding hydrogens is 310 g/mol. The lowest BCUT2D eigenvalue weighted by Crippen LogP contribution is -2.48. The summed E-state index contributed by atoms with van der Waals surface area (Å²) in [5.74, 6) is 1.73. The molecule has 3 aliphatic heterocycles. The van der Waals surface area contributed by atoms with E-state index >= 15 is 0 Å². The van der Waals surface area contributed by atoms with Crippen molar-refractivity contribution in [3.63, 3.8) is 0 Å². The van der Waals surface area contributed by atoms with Gasteiger partial charge in [-0.1, -0.05) is 6.07 Å². The third-order valence-corrected chi connectivity index (χ3v) is 5.29. The Morgan fingerprint density at radius 2 is 1.92 bits per heavy atom. The van der Waals surface area contributed by atoms with Crippen molar-refractivity contribution < 1.29 is 24.1 Å². The number of carbonyl (C=O) groups excluding carboxylic acids is 1. The number of β-amino-alcohol motifs (C(OH)–C–C–N with tert-alkyl or cyclic N) is 1. The van der Waals surface area contributed by atoms with Gasteiger partial charge in [-0.25, -0.2) is 0 Å². The van der Waals surface area contributed by atoms with Crippen LogP contribution in [0.3, 0.4) is 0 Å². The topological polar surface area (TPSA) is 68.2 Å². The summed E-state index contributed by atoms with van der Waals surface area (Å²) < 4.78 is 16.1. The molecule has 130 valence electrons. The van der Waals surface area contributed by atoms with Gasteiger partial charge in [0.15, 0.2) is 11.5 Å². The predicted molar refractivity (Wildman–Crippen MR) is 86.1 cm³/mol. The van der Waals surface area contributed by atoms with Crippen LogP contribution in [0.1, 0.15) is 30.7 Å². The fourth-order valence-electron chi connectivity index (χ4n) is 3.87. The lowest BCUT2D eigenvalue weighted by molar-refractivity contribution is -0.142. The van der Waals surface area contributed by atoms with Crippen LogP contribution in [0.25, 0.3) is 0 Å². The minimum atomic E-state index is -0.553. The normalized spacial score (nSPS) is 27.3. The number of rotatable bonds is 2. The van der Waals surface area contributed by atoms with Crippen molar-refractivity contribution in [2.45, 2.75) is 31.3 Å². The predicted octanol–water partition coefficient (Wildman–Crippen LogP) is 1.52. The van der Waals surface area contributed by atoms with Crippen LogP contribution in [0, 0.1) is 5.92 Å². The van der Waals surface area contributed by atoms with E-state index < -0.39 is 6.10 Å². The Morgan fingerprint density at radius 3 is 2.71 bits per heavy atom.